The molecular formula is C12H17FN2O. The first-order valence-electron chi connectivity index (χ1n) is 5.56. The Labute approximate surface area is 95.2 Å². The summed E-state index contributed by atoms with van der Waals surface area (Å²) in [5, 5.41) is 3.15. The van der Waals surface area contributed by atoms with Gasteiger partial charge in [-0.2, -0.15) is 0 Å². The van der Waals surface area contributed by atoms with Crippen LogP contribution in [0.5, 0.6) is 0 Å². The maximum atomic E-state index is 12.8. The Balaban J connectivity index is 2.13. The fraction of sp³-hybridized carbons (Fsp3) is 0.500. The molecule has 88 valence electrons. The van der Waals surface area contributed by atoms with Crippen molar-refractivity contribution in [3.63, 3.8) is 0 Å². The number of halogens is 1. The molecule has 0 amide bonds. The predicted octanol–water partition coefficient (Wildman–Crippen LogP) is 1.25. The average molecular weight is 224 g/mol. The summed E-state index contributed by atoms with van der Waals surface area (Å²) in [4.78, 5) is 2.26. The molecule has 0 saturated carbocycles. The van der Waals surface area contributed by atoms with Crippen LogP contribution in [0, 0.1) is 5.82 Å². The number of nitrogens with zero attached hydrogens (tertiary/aromatic N) is 1. The van der Waals surface area contributed by atoms with E-state index in [-0.39, 0.29) is 5.82 Å². The van der Waals surface area contributed by atoms with Crippen LogP contribution in [0.2, 0.25) is 0 Å². The summed E-state index contributed by atoms with van der Waals surface area (Å²) in [5.41, 5.74) is 1.06. The van der Waals surface area contributed by atoms with Gasteiger partial charge in [0.2, 0.25) is 0 Å². The van der Waals surface area contributed by atoms with Crippen molar-refractivity contribution in [1.82, 2.24) is 5.32 Å². The minimum atomic E-state index is -0.192. The van der Waals surface area contributed by atoms with Crippen molar-refractivity contribution in [3.05, 3.63) is 30.1 Å². The lowest BCUT2D eigenvalue weighted by Gasteiger charge is -2.37. The number of anilines is 1. The van der Waals surface area contributed by atoms with Gasteiger partial charge in [-0.1, -0.05) is 0 Å². The Bertz CT molecular complexity index is 326. The van der Waals surface area contributed by atoms with Gasteiger partial charge in [-0.3, -0.25) is 0 Å². The molecule has 0 radical (unpaired) electrons. The molecule has 1 aromatic carbocycles. The molecule has 1 aliphatic rings. The molecule has 4 heteroatoms. The smallest absolute Gasteiger partial charge is 0.123 e. The highest BCUT2D eigenvalue weighted by molar-refractivity contribution is 5.47. The monoisotopic (exact) mass is 224 g/mol. The molecule has 1 aliphatic heterocycles. The van der Waals surface area contributed by atoms with E-state index in [2.05, 4.69) is 10.2 Å². The van der Waals surface area contributed by atoms with E-state index in [4.69, 9.17) is 4.74 Å². The van der Waals surface area contributed by atoms with Crippen LogP contribution in [0.1, 0.15) is 0 Å². The summed E-state index contributed by atoms with van der Waals surface area (Å²) in [6, 6.07) is 6.97. The second kappa shape index (κ2) is 5.27. The van der Waals surface area contributed by atoms with E-state index in [1.807, 2.05) is 19.2 Å². The van der Waals surface area contributed by atoms with Crippen LogP contribution in [0.4, 0.5) is 10.1 Å². The Hall–Kier alpha value is -1.13. The lowest BCUT2D eigenvalue weighted by Crippen LogP contribution is -2.50. The minimum absolute atomic E-state index is 0.192. The quantitative estimate of drug-likeness (QED) is 0.836. The van der Waals surface area contributed by atoms with Gasteiger partial charge in [0.05, 0.1) is 19.3 Å². The van der Waals surface area contributed by atoms with Crippen molar-refractivity contribution < 1.29 is 9.13 Å². The van der Waals surface area contributed by atoms with E-state index in [9.17, 15) is 4.39 Å². The van der Waals surface area contributed by atoms with E-state index in [0.717, 1.165) is 32.0 Å². The van der Waals surface area contributed by atoms with Crippen LogP contribution in [0.15, 0.2) is 24.3 Å². The summed E-state index contributed by atoms with van der Waals surface area (Å²) in [5.74, 6) is -0.192. The summed E-state index contributed by atoms with van der Waals surface area (Å²) < 4.78 is 18.3. The highest BCUT2D eigenvalue weighted by atomic mass is 19.1. The highest BCUT2D eigenvalue weighted by Crippen LogP contribution is 2.19. The fourth-order valence-electron chi connectivity index (χ4n) is 2.03. The number of nitrogens with one attached hydrogen (secondary N) is 1. The van der Waals surface area contributed by atoms with Crippen molar-refractivity contribution in [1.29, 1.82) is 0 Å². The molecule has 16 heavy (non-hydrogen) atoms. The first-order valence-corrected chi connectivity index (χ1v) is 5.56. The first kappa shape index (κ1) is 11.4. The maximum Gasteiger partial charge on any atom is 0.123 e. The van der Waals surface area contributed by atoms with Gasteiger partial charge in [0.1, 0.15) is 5.82 Å². The normalized spacial score (nSPS) is 21.1. The van der Waals surface area contributed by atoms with Crippen LogP contribution in [0.3, 0.4) is 0 Å². The molecule has 1 saturated heterocycles. The van der Waals surface area contributed by atoms with E-state index < -0.39 is 0 Å². The van der Waals surface area contributed by atoms with Crippen LogP contribution in [-0.4, -0.2) is 39.4 Å². The second-order valence-electron chi connectivity index (χ2n) is 3.96. The standard InChI is InChI=1S/C12H17FN2O/c1-14-8-12-9-16-7-6-15(12)11-4-2-10(13)3-5-11/h2-5,12,14H,6-9H2,1H3. The van der Waals surface area contributed by atoms with Gasteiger partial charge >= 0.3 is 0 Å². The van der Waals surface area contributed by atoms with Crippen LogP contribution < -0.4 is 10.2 Å². The molecule has 1 atom stereocenters. The zero-order chi connectivity index (χ0) is 11.4. The topological polar surface area (TPSA) is 24.5 Å². The molecule has 1 fully saturated rings. The number of benzene rings is 1. The van der Waals surface area contributed by atoms with Gasteiger partial charge in [-0.25, -0.2) is 4.39 Å². The number of morpholine rings is 1. The highest BCUT2D eigenvalue weighted by Gasteiger charge is 2.22. The van der Waals surface area contributed by atoms with Crippen molar-refractivity contribution in [2.45, 2.75) is 6.04 Å². The molecule has 0 aliphatic carbocycles. The SMILES string of the molecule is CNCC1COCCN1c1ccc(F)cc1. The van der Waals surface area contributed by atoms with Crippen LogP contribution >= 0.6 is 0 Å². The fourth-order valence-corrected chi connectivity index (χ4v) is 2.03. The third-order valence-corrected chi connectivity index (χ3v) is 2.83. The van der Waals surface area contributed by atoms with Gasteiger partial charge in [0, 0.05) is 18.8 Å². The molecule has 3 nitrogen and oxygen atoms in total. The Morgan fingerprint density at radius 1 is 1.44 bits per heavy atom. The molecule has 0 aromatic heterocycles. The van der Waals surface area contributed by atoms with Crippen LogP contribution in [-0.2, 0) is 4.74 Å². The Kier molecular flexibility index (Phi) is 3.74. The van der Waals surface area contributed by atoms with Crippen molar-refractivity contribution >= 4 is 5.69 Å². The summed E-state index contributed by atoms with van der Waals surface area (Å²) >= 11 is 0. The molecule has 1 unspecified atom stereocenters. The number of hydrogen-bond donors (Lipinski definition) is 1. The Morgan fingerprint density at radius 2 is 2.19 bits per heavy atom. The molecule has 1 N–H and O–H groups in total. The first-order chi connectivity index (χ1) is 7.81. The van der Waals surface area contributed by atoms with E-state index >= 15 is 0 Å². The minimum Gasteiger partial charge on any atom is -0.377 e. The predicted molar refractivity (Wildman–Crippen MR) is 62.3 cm³/mol. The van der Waals surface area contributed by atoms with E-state index in [0.29, 0.717) is 6.04 Å². The molecular weight excluding hydrogens is 207 g/mol. The third kappa shape index (κ3) is 2.51. The van der Waals surface area contributed by atoms with Gasteiger partial charge in [-0.15, -0.1) is 0 Å². The molecule has 1 aromatic rings. The maximum absolute atomic E-state index is 12.8. The van der Waals surface area contributed by atoms with E-state index in [1.165, 1.54) is 12.1 Å². The number of rotatable bonds is 3. The number of ether oxygens (including phenoxy) is 1. The van der Waals surface area contributed by atoms with Gasteiger partial charge < -0.3 is 15.0 Å². The summed E-state index contributed by atoms with van der Waals surface area (Å²) in [7, 11) is 1.93. The molecule has 0 bridgehead atoms. The number of hydrogen-bond acceptors (Lipinski definition) is 3. The third-order valence-electron chi connectivity index (χ3n) is 2.83. The van der Waals surface area contributed by atoms with Crippen molar-refractivity contribution in [2.75, 3.05) is 38.3 Å². The van der Waals surface area contributed by atoms with Gasteiger partial charge in [0.15, 0.2) is 0 Å². The Morgan fingerprint density at radius 3 is 2.88 bits per heavy atom. The van der Waals surface area contributed by atoms with Crippen molar-refractivity contribution in [2.24, 2.45) is 0 Å². The zero-order valence-corrected chi connectivity index (χ0v) is 9.45. The van der Waals surface area contributed by atoms with Crippen molar-refractivity contribution in [3.8, 4) is 0 Å². The van der Waals surface area contributed by atoms with Crippen LogP contribution in [0.25, 0.3) is 0 Å². The zero-order valence-electron chi connectivity index (χ0n) is 9.45. The largest absolute Gasteiger partial charge is 0.377 e. The van der Waals surface area contributed by atoms with Gasteiger partial charge in [0.25, 0.3) is 0 Å². The molecule has 2 rings (SSSR count). The molecule has 0 spiro atoms. The lowest BCUT2D eigenvalue weighted by molar-refractivity contribution is 0.0943. The molecule has 1 heterocycles. The number of likely N-dealkylation sites (N-methyl/N-ethyl adjacent to an activating group) is 1. The second-order valence-corrected chi connectivity index (χ2v) is 3.96. The van der Waals surface area contributed by atoms with E-state index in [1.54, 1.807) is 0 Å². The summed E-state index contributed by atoms with van der Waals surface area (Å²) in [6.07, 6.45) is 0. The average Bonchev–Trinajstić information content (AvgIpc) is 2.32. The van der Waals surface area contributed by atoms with Gasteiger partial charge in [-0.05, 0) is 31.3 Å². The lowest BCUT2D eigenvalue weighted by atomic mass is 10.2. The summed E-state index contributed by atoms with van der Waals surface area (Å²) in [6.45, 7) is 3.19.